The predicted molar refractivity (Wildman–Crippen MR) is 106 cm³/mol. The van der Waals surface area contributed by atoms with Crippen molar-refractivity contribution in [1.29, 1.82) is 0 Å². The van der Waals surface area contributed by atoms with Crippen LogP contribution in [0.3, 0.4) is 0 Å². The molecule has 28 heavy (non-hydrogen) atoms. The number of para-hydroxylation sites is 2. The van der Waals surface area contributed by atoms with Crippen LogP contribution in [0.1, 0.15) is 33.1 Å². The van der Waals surface area contributed by atoms with Crippen LogP contribution in [0.4, 0.5) is 5.69 Å². The molecule has 1 aliphatic rings. The first kappa shape index (κ1) is 17.9. The molecular formula is C22H20N2O4. The van der Waals surface area contributed by atoms with Crippen LogP contribution in [0.15, 0.2) is 48.5 Å². The molecule has 0 bridgehead atoms. The van der Waals surface area contributed by atoms with Gasteiger partial charge in [0, 0.05) is 22.5 Å². The molecule has 3 aromatic rings. The summed E-state index contributed by atoms with van der Waals surface area (Å²) in [7, 11) is 2.93. The Bertz CT molecular complexity index is 1080. The van der Waals surface area contributed by atoms with Crippen molar-refractivity contribution in [3.63, 3.8) is 0 Å². The Kier molecular flexibility index (Phi) is 4.39. The van der Waals surface area contributed by atoms with Gasteiger partial charge in [0.05, 0.1) is 31.4 Å². The minimum atomic E-state index is -0.629. The first-order valence-electron chi connectivity index (χ1n) is 8.90. The Hall–Kier alpha value is -3.54. The molecule has 1 aliphatic heterocycles. The Morgan fingerprint density at radius 2 is 1.75 bits per heavy atom. The van der Waals surface area contributed by atoms with Gasteiger partial charge in [0.15, 0.2) is 0 Å². The predicted octanol–water partition coefficient (Wildman–Crippen LogP) is 3.87. The third-order valence-corrected chi connectivity index (χ3v) is 5.07. The molecule has 1 atom stereocenters. The van der Waals surface area contributed by atoms with E-state index in [2.05, 4.69) is 10.3 Å². The molecule has 6 heteroatoms. The van der Waals surface area contributed by atoms with E-state index in [1.165, 1.54) is 7.11 Å². The number of aromatic amines is 1. The normalized spacial score (nSPS) is 15.1. The number of aromatic nitrogens is 1. The lowest BCUT2D eigenvalue weighted by molar-refractivity contribution is -0.116. The number of H-pyrrole nitrogens is 1. The summed E-state index contributed by atoms with van der Waals surface area (Å²) in [5, 5.41) is 2.91. The lowest BCUT2D eigenvalue weighted by Crippen LogP contribution is -2.17. The molecule has 2 aromatic carbocycles. The van der Waals surface area contributed by atoms with Crippen molar-refractivity contribution < 1.29 is 19.1 Å². The van der Waals surface area contributed by atoms with Crippen molar-refractivity contribution in [1.82, 2.24) is 4.98 Å². The second kappa shape index (κ2) is 6.88. The van der Waals surface area contributed by atoms with Crippen LogP contribution < -0.4 is 10.1 Å². The second-order valence-electron chi connectivity index (χ2n) is 6.62. The van der Waals surface area contributed by atoms with Gasteiger partial charge in [-0.1, -0.05) is 30.3 Å². The summed E-state index contributed by atoms with van der Waals surface area (Å²) >= 11 is 0. The van der Waals surface area contributed by atoms with Crippen molar-refractivity contribution in [3.05, 3.63) is 70.9 Å². The number of aryl methyl sites for hydroxylation is 1. The van der Waals surface area contributed by atoms with E-state index in [1.54, 1.807) is 14.0 Å². The highest BCUT2D eigenvalue weighted by atomic mass is 16.5. The van der Waals surface area contributed by atoms with Gasteiger partial charge in [-0.15, -0.1) is 0 Å². The van der Waals surface area contributed by atoms with Gasteiger partial charge in [0.1, 0.15) is 5.75 Å². The number of hydrogen-bond acceptors (Lipinski definition) is 4. The fourth-order valence-corrected chi connectivity index (χ4v) is 3.86. The van der Waals surface area contributed by atoms with Crippen LogP contribution in [-0.4, -0.2) is 31.1 Å². The van der Waals surface area contributed by atoms with E-state index >= 15 is 0 Å². The quantitative estimate of drug-likeness (QED) is 0.678. The van der Waals surface area contributed by atoms with Gasteiger partial charge >= 0.3 is 5.97 Å². The Morgan fingerprint density at radius 1 is 1.04 bits per heavy atom. The summed E-state index contributed by atoms with van der Waals surface area (Å²) in [5.74, 6) is -0.646. The van der Waals surface area contributed by atoms with Gasteiger partial charge in [-0.05, 0) is 30.7 Å². The van der Waals surface area contributed by atoms with E-state index in [0.29, 0.717) is 28.3 Å². The minimum absolute atomic E-state index is 0.179. The van der Waals surface area contributed by atoms with Gasteiger partial charge < -0.3 is 19.8 Å². The largest absolute Gasteiger partial charge is 0.496 e. The maximum absolute atomic E-state index is 12.9. The van der Waals surface area contributed by atoms with Crippen molar-refractivity contribution >= 4 is 17.6 Å². The average molecular weight is 376 g/mol. The summed E-state index contributed by atoms with van der Waals surface area (Å²) in [4.78, 5) is 28.8. The molecule has 2 heterocycles. The number of carbonyl (C=O) groups is 2. The van der Waals surface area contributed by atoms with Crippen molar-refractivity contribution in [2.75, 3.05) is 19.5 Å². The monoisotopic (exact) mass is 376 g/mol. The number of nitrogens with one attached hydrogen (secondary N) is 2. The lowest BCUT2D eigenvalue weighted by atomic mass is 9.87. The highest BCUT2D eigenvalue weighted by Crippen LogP contribution is 2.45. The molecule has 0 saturated heterocycles. The molecule has 0 radical (unpaired) electrons. The summed E-state index contributed by atoms with van der Waals surface area (Å²) in [6, 6.07) is 15.0. The van der Waals surface area contributed by atoms with E-state index < -0.39 is 11.9 Å². The highest BCUT2D eigenvalue weighted by Gasteiger charge is 2.38. The maximum Gasteiger partial charge on any atom is 0.340 e. The number of benzene rings is 2. The molecule has 1 amide bonds. The van der Waals surface area contributed by atoms with Crippen molar-refractivity contribution in [3.8, 4) is 17.0 Å². The van der Waals surface area contributed by atoms with E-state index in [1.807, 2.05) is 48.5 Å². The zero-order chi connectivity index (χ0) is 19.8. The third kappa shape index (κ3) is 2.65. The number of rotatable bonds is 4. The zero-order valence-corrected chi connectivity index (χ0v) is 15.8. The van der Waals surface area contributed by atoms with Gasteiger partial charge in [-0.3, -0.25) is 4.79 Å². The molecule has 6 nitrogen and oxygen atoms in total. The smallest absolute Gasteiger partial charge is 0.340 e. The number of carbonyl (C=O) groups excluding carboxylic acids is 2. The van der Waals surface area contributed by atoms with E-state index in [-0.39, 0.29) is 5.91 Å². The second-order valence-corrected chi connectivity index (χ2v) is 6.62. The van der Waals surface area contributed by atoms with Gasteiger partial charge in [0.25, 0.3) is 0 Å². The fourth-order valence-electron chi connectivity index (χ4n) is 3.86. The number of methoxy groups -OCH3 is 2. The number of fused-ring (bicyclic) bond motifs is 1. The lowest BCUT2D eigenvalue weighted by Gasteiger charge is -2.15. The van der Waals surface area contributed by atoms with E-state index in [9.17, 15) is 9.59 Å². The van der Waals surface area contributed by atoms with Gasteiger partial charge in [-0.2, -0.15) is 0 Å². The number of amides is 1. The molecule has 4 rings (SSSR count). The molecule has 0 unspecified atom stereocenters. The molecule has 0 aliphatic carbocycles. The molecule has 1 aromatic heterocycles. The number of anilines is 1. The fraction of sp³-hybridized carbons (Fsp3) is 0.182. The maximum atomic E-state index is 12.9. The zero-order valence-electron chi connectivity index (χ0n) is 15.8. The molecule has 0 spiro atoms. The summed E-state index contributed by atoms with van der Waals surface area (Å²) < 4.78 is 10.5. The van der Waals surface area contributed by atoms with Crippen molar-refractivity contribution in [2.24, 2.45) is 0 Å². The standard InChI is InChI=1S/C22H20N2O4/c1-12-17(22(26)28-3)19(18-13-8-4-6-10-15(13)24-21(18)25)20(23-12)14-9-5-7-11-16(14)27-2/h4-11,18,23H,1-3H3,(H,24,25)/t18-/m1/s1. The summed E-state index contributed by atoms with van der Waals surface area (Å²) in [6.07, 6.45) is 0. The number of ether oxygens (including phenoxy) is 2. The van der Waals surface area contributed by atoms with Crippen LogP contribution in [0.25, 0.3) is 11.3 Å². The van der Waals surface area contributed by atoms with Crippen molar-refractivity contribution in [2.45, 2.75) is 12.8 Å². The first-order valence-corrected chi connectivity index (χ1v) is 8.90. The average Bonchev–Trinajstić information content (AvgIpc) is 3.22. The Morgan fingerprint density at radius 3 is 2.50 bits per heavy atom. The number of esters is 1. The van der Waals surface area contributed by atoms with Gasteiger partial charge in [0.2, 0.25) is 5.91 Å². The summed E-state index contributed by atoms with van der Waals surface area (Å²) in [5.41, 5.74) is 4.63. The van der Waals surface area contributed by atoms with Crippen LogP contribution in [0.2, 0.25) is 0 Å². The van der Waals surface area contributed by atoms with Gasteiger partial charge in [-0.25, -0.2) is 4.79 Å². The molecular weight excluding hydrogens is 356 g/mol. The molecule has 0 fully saturated rings. The first-order chi connectivity index (χ1) is 13.6. The Labute approximate surface area is 162 Å². The minimum Gasteiger partial charge on any atom is -0.496 e. The molecule has 0 saturated carbocycles. The molecule has 142 valence electrons. The van der Waals surface area contributed by atoms with Crippen LogP contribution in [0, 0.1) is 6.92 Å². The number of hydrogen-bond donors (Lipinski definition) is 2. The van der Waals surface area contributed by atoms with Crippen LogP contribution >= 0.6 is 0 Å². The van der Waals surface area contributed by atoms with Crippen LogP contribution in [0.5, 0.6) is 5.75 Å². The molecule has 2 N–H and O–H groups in total. The third-order valence-electron chi connectivity index (χ3n) is 5.07. The SMILES string of the molecule is COC(=O)c1c(C)[nH]c(-c2ccccc2OC)c1[C@@H]1C(=O)Nc2ccccc21. The van der Waals surface area contributed by atoms with Crippen LogP contribution in [-0.2, 0) is 9.53 Å². The summed E-state index contributed by atoms with van der Waals surface area (Å²) in [6.45, 7) is 1.80. The Balaban J connectivity index is 2.03. The van der Waals surface area contributed by atoms with E-state index in [4.69, 9.17) is 9.47 Å². The topological polar surface area (TPSA) is 80.4 Å². The van der Waals surface area contributed by atoms with E-state index in [0.717, 1.165) is 16.8 Å². The highest BCUT2D eigenvalue weighted by molar-refractivity contribution is 6.08.